The molecule has 1 aromatic rings. The van der Waals surface area contributed by atoms with Gasteiger partial charge in [-0.2, -0.15) is 0 Å². The van der Waals surface area contributed by atoms with E-state index in [1.165, 1.54) is 20.2 Å². The third-order valence-electron chi connectivity index (χ3n) is 2.60. The largest absolute Gasteiger partial charge is 0.351 e. The molecule has 0 heterocycles. The third kappa shape index (κ3) is 4.45. The molecule has 114 valence electrons. The molecule has 20 heavy (non-hydrogen) atoms. The lowest BCUT2D eigenvalue weighted by Crippen LogP contribution is -2.38. The molecule has 1 aromatic carbocycles. The van der Waals surface area contributed by atoms with E-state index in [4.69, 9.17) is 5.73 Å². The number of nitrogens with one attached hydrogen (secondary N) is 1. The Morgan fingerprint density at radius 2 is 1.90 bits per heavy atom. The second kappa shape index (κ2) is 7.58. The Kier molecular flexibility index (Phi) is 7.15. The van der Waals surface area contributed by atoms with E-state index in [2.05, 4.69) is 5.32 Å². The summed E-state index contributed by atoms with van der Waals surface area (Å²) in [5.74, 6) is -0.322. The lowest BCUT2D eigenvalue weighted by molar-refractivity contribution is -0.122. The van der Waals surface area contributed by atoms with Crippen molar-refractivity contribution in [2.24, 2.45) is 5.73 Å². The molecule has 0 spiro atoms. The predicted octanol–water partition coefficient (Wildman–Crippen LogP) is 0.322. The van der Waals surface area contributed by atoms with Crippen LogP contribution in [0.2, 0.25) is 0 Å². The van der Waals surface area contributed by atoms with Gasteiger partial charge in [0.1, 0.15) is 0 Å². The zero-order valence-electron chi connectivity index (χ0n) is 11.7. The second-order valence-corrected chi connectivity index (χ2v) is 6.52. The van der Waals surface area contributed by atoms with Crippen LogP contribution in [0.1, 0.15) is 12.5 Å². The summed E-state index contributed by atoms with van der Waals surface area (Å²) in [7, 11) is -0.595. The highest BCUT2D eigenvalue weighted by Gasteiger charge is 2.20. The summed E-state index contributed by atoms with van der Waals surface area (Å²) < 4.78 is 25.4. The summed E-state index contributed by atoms with van der Waals surface area (Å²) in [6.07, 6.45) is 0. The Labute approximate surface area is 125 Å². The van der Waals surface area contributed by atoms with Gasteiger partial charge in [0.2, 0.25) is 15.9 Å². The molecule has 1 rings (SSSR count). The number of nitrogens with two attached hydrogens (primary N) is 1. The van der Waals surface area contributed by atoms with Crippen molar-refractivity contribution in [2.75, 3.05) is 14.1 Å². The Morgan fingerprint density at radius 3 is 2.40 bits per heavy atom. The molecule has 0 unspecified atom stereocenters. The molecule has 0 saturated carbocycles. The van der Waals surface area contributed by atoms with E-state index in [9.17, 15) is 13.2 Å². The minimum atomic E-state index is -3.52. The van der Waals surface area contributed by atoms with Crippen LogP contribution >= 0.6 is 12.4 Å². The van der Waals surface area contributed by atoms with Crippen molar-refractivity contribution < 1.29 is 13.2 Å². The predicted molar refractivity (Wildman–Crippen MR) is 80.1 cm³/mol. The van der Waals surface area contributed by atoms with Gasteiger partial charge in [0.25, 0.3) is 0 Å². The topological polar surface area (TPSA) is 92.5 Å². The maximum absolute atomic E-state index is 12.1. The molecule has 0 aromatic heterocycles. The lowest BCUT2D eigenvalue weighted by Gasteiger charge is -2.15. The lowest BCUT2D eigenvalue weighted by atomic mass is 10.2. The molecule has 0 aliphatic carbocycles. The van der Waals surface area contributed by atoms with Crippen molar-refractivity contribution in [1.82, 2.24) is 9.62 Å². The molecule has 6 nitrogen and oxygen atoms in total. The van der Waals surface area contributed by atoms with Gasteiger partial charge in [-0.25, -0.2) is 12.7 Å². The van der Waals surface area contributed by atoms with E-state index in [-0.39, 0.29) is 29.8 Å². The Bertz CT molecular complexity index is 559. The monoisotopic (exact) mass is 321 g/mol. The van der Waals surface area contributed by atoms with Gasteiger partial charge in [-0.15, -0.1) is 12.4 Å². The van der Waals surface area contributed by atoms with Crippen LogP contribution in [0, 0.1) is 0 Å². The van der Waals surface area contributed by atoms with Gasteiger partial charge in [-0.05, 0) is 18.6 Å². The fourth-order valence-corrected chi connectivity index (χ4v) is 2.56. The average Bonchev–Trinajstić information content (AvgIpc) is 2.35. The van der Waals surface area contributed by atoms with Gasteiger partial charge in [-0.1, -0.05) is 18.2 Å². The van der Waals surface area contributed by atoms with Crippen molar-refractivity contribution in [3.8, 4) is 0 Å². The zero-order valence-corrected chi connectivity index (χ0v) is 13.3. The van der Waals surface area contributed by atoms with Crippen LogP contribution < -0.4 is 11.1 Å². The Balaban J connectivity index is 0.00000361. The highest BCUT2D eigenvalue weighted by molar-refractivity contribution is 7.89. The summed E-state index contributed by atoms with van der Waals surface area (Å²) in [4.78, 5) is 11.6. The first-order valence-corrected chi connectivity index (χ1v) is 7.24. The van der Waals surface area contributed by atoms with Crippen molar-refractivity contribution in [1.29, 1.82) is 0 Å². The van der Waals surface area contributed by atoms with Crippen molar-refractivity contribution in [2.45, 2.75) is 24.4 Å². The molecule has 1 atom stereocenters. The molecular formula is C12H20ClN3O3S. The summed E-state index contributed by atoms with van der Waals surface area (Å²) >= 11 is 0. The van der Waals surface area contributed by atoms with Gasteiger partial charge in [-0.3, -0.25) is 4.79 Å². The molecule has 0 bridgehead atoms. The smallest absolute Gasteiger partial charge is 0.242 e. The number of amides is 1. The number of halogens is 1. The van der Waals surface area contributed by atoms with Gasteiger partial charge >= 0.3 is 0 Å². The van der Waals surface area contributed by atoms with E-state index >= 15 is 0 Å². The van der Waals surface area contributed by atoms with Crippen LogP contribution in [-0.4, -0.2) is 38.8 Å². The Hall–Kier alpha value is -1.15. The van der Waals surface area contributed by atoms with Crippen LogP contribution in [0.25, 0.3) is 0 Å². The van der Waals surface area contributed by atoms with Crippen molar-refractivity contribution in [3.05, 3.63) is 29.8 Å². The first-order chi connectivity index (χ1) is 8.76. The Morgan fingerprint density at radius 1 is 1.35 bits per heavy atom. The molecule has 8 heteroatoms. The quantitative estimate of drug-likeness (QED) is 0.817. The number of sulfonamides is 1. The van der Waals surface area contributed by atoms with Gasteiger partial charge in [0.05, 0.1) is 10.9 Å². The minimum absolute atomic E-state index is 0. The molecule has 3 N–H and O–H groups in total. The number of nitrogens with zero attached hydrogens (tertiary/aromatic N) is 1. The summed E-state index contributed by atoms with van der Waals surface area (Å²) in [6, 6.07) is 5.92. The van der Waals surface area contributed by atoms with E-state index in [1.54, 1.807) is 25.1 Å². The third-order valence-corrected chi connectivity index (χ3v) is 4.51. The van der Waals surface area contributed by atoms with E-state index < -0.39 is 16.1 Å². The molecular weight excluding hydrogens is 302 g/mol. The van der Waals surface area contributed by atoms with E-state index in [0.717, 1.165) is 4.31 Å². The fourth-order valence-electron chi connectivity index (χ4n) is 1.44. The van der Waals surface area contributed by atoms with Crippen LogP contribution in [0.3, 0.4) is 0 Å². The highest BCUT2D eigenvalue weighted by atomic mass is 35.5. The number of hydrogen-bond donors (Lipinski definition) is 2. The summed E-state index contributed by atoms with van der Waals surface area (Å²) in [6.45, 7) is 1.70. The van der Waals surface area contributed by atoms with Crippen molar-refractivity contribution >= 4 is 28.3 Å². The zero-order chi connectivity index (χ0) is 14.6. The maximum atomic E-state index is 12.1. The van der Waals surface area contributed by atoms with Crippen LogP contribution in [0.5, 0.6) is 0 Å². The summed E-state index contributed by atoms with van der Waals surface area (Å²) in [5.41, 5.74) is 5.97. The van der Waals surface area contributed by atoms with Crippen LogP contribution in [-0.2, 0) is 21.4 Å². The van der Waals surface area contributed by atoms with Gasteiger partial charge < -0.3 is 11.1 Å². The standard InChI is InChI=1S/C12H19N3O3S.ClH/c1-9(13)12(16)14-8-10-6-4-5-7-11(10)19(17,18)15(2)3;/h4-7,9H,8,13H2,1-3H3,(H,14,16);1H/t9-;/m1./s1. The minimum Gasteiger partial charge on any atom is -0.351 e. The number of hydrogen-bond acceptors (Lipinski definition) is 4. The molecule has 0 aliphatic rings. The molecule has 0 saturated heterocycles. The second-order valence-electron chi connectivity index (χ2n) is 4.40. The van der Waals surface area contributed by atoms with Crippen LogP contribution in [0.15, 0.2) is 29.2 Å². The maximum Gasteiger partial charge on any atom is 0.242 e. The molecule has 0 aliphatic heterocycles. The number of carbonyl (C=O) groups excluding carboxylic acids is 1. The highest BCUT2D eigenvalue weighted by Crippen LogP contribution is 2.18. The van der Waals surface area contributed by atoms with E-state index in [1.807, 2.05) is 0 Å². The van der Waals surface area contributed by atoms with Crippen molar-refractivity contribution in [3.63, 3.8) is 0 Å². The van der Waals surface area contributed by atoms with Gasteiger partial charge in [0.15, 0.2) is 0 Å². The first-order valence-electron chi connectivity index (χ1n) is 5.80. The van der Waals surface area contributed by atoms with E-state index in [0.29, 0.717) is 5.56 Å². The SMILES string of the molecule is C[C@@H](N)C(=O)NCc1ccccc1S(=O)(=O)N(C)C.Cl. The van der Waals surface area contributed by atoms with Crippen LogP contribution in [0.4, 0.5) is 0 Å². The number of carbonyl (C=O) groups is 1. The summed E-state index contributed by atoms with van der Waals surface area (Å²) in [5, 5.41) is 2.60. The molecule has 0 radical (unpaired) electrons. The first kappa shape index (κ1) is 18.9. The number of rotatable bonds is 5. The normalized spacial score (nSPS) is 12.7. The number of benzene rings is 1. The molecule has 0 fully saturated rings. The molecule has 1 amide bonds. The van der Waals surface area contributed by atoms with Gasteiger partial charge in [0, 0.05) is 20.6 Å². The average molecular weight is 322 g/mol. The fraction of sp³-hybridized carbons (Fsp3) is 0.417.